The quantitative estimate of drug-likeness (QED) is 0.684. The largest absolute Gasteiger partial charge is 0.294 e. The van der Waals surface area contributed by atoms with Gasteiger partial charge in [0.25, 0.3) is 0 Å². The third kappa shape index (κ3) is 4.35. The minimum atomic E-state index is -3.52. The van der Waals surface area contributed by atoms with E-state index in [1.165, 1.54) is 18.2 Å². The van der Waals surface area contributed by atoms with E-state index in [4.69, 9.17) is 0 Å². The van der Waals surface area contributed by atoms with Gasteiger partial charge in [-0.2, -0.15) is 4.31 Å². The molecule has 1 fully saturated rings. The van der Waals surface area contributed by atoms with Gasteiger partial charge in [-0.15, -0.1) is 6.58 Å². The van der Waals surface area contributed by atoms with Crippen LogP contribution in [-0.2, 0) is 10.0 Å². The molecule has 2 aromatic rings. The Morgan fingerprint density at radius 2 is 1.50 bits per heavy atom. The first-order chi connectivity index (χ1) is 13.3. The molecule has 1 aliphatic heterocycles. The fourth-order valence-electron chi connectivity index (χ4n) is 3.64. The van der Waals surface area contributed by atoms with Crippen LogP contribution in [0.1, 0.15) is 34.9 Å². The van der Waals surface area contributed by atoms with Crippen molar-refractivity contribution >= 4 is 10.0 Å². The van der Waals surface area contributed by atoms with Crippen LogP contribution < -0.4 is 0 Å². The Hall–Kier alpha value is -2.02. The number of aryl methyl sites for hydroxylation is 1. The van der Waals surface area contributed by atoms with Gasteiger partial charge in [-0.3, -0.25) is 4.90 Å². The van der Waals surface area contributed by atoms with Crippen LogP contribution in [0.4, 0.5) is 4.39 Å². The smallest absolute Gasteiger partial charge is 0.224 e. The molecule has 6 heteroatoms. The highest BCUT2D eigenvalue weighted by Crippen LogP contribution is 2.29. The van der Waals surface area contributed by atoms with Crippen LogP contribution in [0.25, 0.3) is 0 Å². The van der Waals surface area contributed by atoms with E-state index < -0.39 is 15.3 Å². The highest BCUT2D eigenvalue weighted by atomic mass is 32.2. The lowest BCUT2D eigenvalue weighted by molar-refractivity contribution is 0.145. The standard InChI is InChI=1S/C22H27FN2O2S/c1-4-22(20-7-5-17(2)6-8-20)28(26,27)25-15-13-24(14-16-25)18(3)19-9-11-21(23)12-10-19/h4-12,18,22H,1,13-16H2,2-3H3/t18-,22?/m1/s1. The van der Waals surface area contributed by atoms with Gasteiger partial charge in [-0.1, -0.05) is 48.0 Å². The second kappa shape index (κ2) is 8.55. The third-order valence-corrected chi connectivity index (χ3v) is 7.67. The molecule has 0 aromatic heterocycles. The summed E-state index contributed by atoms with van der Waals surface area (Å²) >= 11 is 0. The topological polar surface area (TPSA) is 40.6 Å². The molecule has 1 unspecified atom stereocenters. The molecule has 2 atom stereocenters. The molecule has 28 heavy (non-hydrogen) atoms. The van der Waals surface area contributed by atoms with E-state index in [9.17, 15) is 12.8 Å². The second-order valence-electron chi connectivity index (χ2n) is 7.27. The van der Waals surface area contributed by atoms with Crippen LogP contribution in [-0.4, -0.2) is 43.8 Å². The van der Waals surface area contributed by atoms with Crippen molar-refractivity contribution in [3.05, 3.63) is 83.7 Å². The number of piperazine rings is 1. The van der Waals surface area contributed by atoms with Gasteiger partial charge in [0, 0.05) is 32.2 Å². The van der Waals surface area contributed by atoms with E-state index in [2.05, 4.69) is 18.4 Å². The molecule has 1 saturated heterocycles. The fourth-order valence-corrected chi connectivity index (χ4v) is 5.38. The molecule has 3 rings (SSSR count). The van der Waals surface area contributed by atoms with Gasteiger partial charge in [0.05, 0.1) is 0 Å². The molecule has 0 aliphatic carbocycles. The van der Waals surface area contributed by atoms with E-state index in [-0.39, 0.29) is 11.9 Å². The number of benzene rings is 2. The predicted molar refractivity (Wildman–Crippen MR) is 111 cm³/mol. The van der Waals surface area contributed by atoms with E-state index in [0.29, 0.717) is 26.2 Å². The second-order valence-corrected chi connectivity index (χ2v) is 9.33. The molecule has 2 aromatic carbocycles. The van der Waals surface area contributed by atoms with E-state index in [0.717, 1.165) is 16.7 Å². The van der Waals surface area contributed by atoms with Crippen molar-refractivity contribution in [1.82, 2.24) is 9.21 Å². The summed E-state index contributed by atoms with van der Waals surface area (Å²) in [6, 6.07) is 14.2. The summed E-state index contributed by atoms with van der Waals surface area (Å²) in [6.07, 6.45) is 1.51. The summed E-state index contributed by atoms with van der Waals surface area (Å²) in [5.74, 6) is -0.251. The lowest BCUT2D eigenvalue weighted by Crippen LogP contribution is -2.50. The van der Waals surface area contributed by atoms with Crippen molar-refractivity contribution < 1.29 is 12.8 Å². The summed E-state index contributed by atoms with van der Waals surface area (Å²) in [5.41, 5.74) is 2.86. The number of halogens is 1. The molecule has 0 saturated carbocycles. The molecule has 150 valence electrons. The van der Waals surface area contributed by atoms with E-state index in [1.807, 2.05) is 31.2 Å². The average Bonchev–Trinajstić information content (AvgIpc) is 2.70. The SMILES string of the molecule is C=CC(c1ccc(C)cc1)S(=O)(=O)N1CCN([C@H](C)c2ccc(F)cc2)CC1. The Labute approximate surface area is 167 Å². The van der Waals surface area contributed by atoms with Gasteiger partial charge in [0.1, 0.15) is 11.1 Å². The number of sulfonamides is 1. The van der Waals surface area contributed by atoms with Gasteiger partial charge in [-0.05, 0) is 37.1 Å². The van der Waals surface area contributed by atoms with Crippen LogP contribution in [0.5, 0.6) is 0 Å². The highest BCUT2D eigenvalue weighted by molar-refractivity contribution is 7.89. The predicted octanol–water partition coefficient (Wildman–Crippen LogP) is 4.07. The molecular formula is C22H27FN2O2S. The number of nitrogens with zero attached hydrogens (tertiary/aromatic N) is 2. The minimum absolute atomic E-state index is 0.109. The Balaban J connectivity index is 1.69. The van der Waals surface area contributed by atoms with Crippen LogP contribution >= 0.6 is 0 Å². The monoisotopic (exact) mass is 402 g/mol. The van der Waals surface area contributed by atoms with E-state index >= 15 is 0 Å². The highest BCUT2D eigenvalue weighted by Gasteiger charge is 2.34. The zero-order valence-corrected chi connectivity index (χ0v) is 17.2. The summed E-state index contributed by atoms with van der Waals surface area (Å²) in [4.78, 5) is 2.23. The molecule has 1 aliphatic rings. The summed E-state index contributed by atoms with van der Waals surface area (Å²) in [6.45, 7) is 9.94. The van der Waals surface area contributed by atoms with Crippen molar-refractivity contribution in [2.75, 3.05) is 26.2 Å². The first kappa shape index (κ1) is 20.7. The Morgan fingerprint density at radius 1 is 0.964 bits per heavy atom. The minimum Gasteiger partial charge on any atom is -0.294 e. The normalized spacial score (nSPS) is 18.5. The Bertz CT molecular complexity index is 903. The van der Waals surface area contributed by atoms with Gasteiger partial charge >= 0.3 is 0 Å². The van der Waals surface area contributed by atoms with Crippen molar-refractivity contribution in [1.29, 1.82) is 0 Å². The van der Waals surface area contributed by atoms with Gasteiger partial charge in [0.2, 0.25) is 10.0 Å². The third-order valence-electron chi connectivity index (χ3n) is 5.47. The summed E-state index contributed by atoms with van der Waals surface area (Å²) in [7, 11) is -3.52. The molecule has 0 N–H and O–H groups in total. The van der Waals surface area contributed by atoms with E-state index in [1.54, 1.807) is 16.4 Å². The van der Waals surface area contributed by atoms with Gasteiger partial charge in [-0.25, -0.2) is 12.8 Å². The van der Waals surface area contributed by atoms with Gasteiger partial charge in [0.15, 0.2) is 0 Å². The van der Waals surface area contributed by atoms with Crippen LogP contribution in [0.3, 0.4) is 0 Å². The van der Waals surface area contributed by atoms with Crippen molar-refractivity contribution in [3.8, 4) is 0 Å². The lowest BCUT2D eigenvalue weighted by Gasteiger charge is -2.38. The lowest BCUT2D eigenvalue weighted by atomic mass is 10.1. The first-order valence-corrected chi connectivity index (χ1v) is 11.0. The van der Waals surface area contributed by atoms with Crippen LogP contribution in [0.2, 0.25) is 0 Å². The number of rotatable bonds is 6. The molecule has 1 heterocycles. The maximum atomic E-state index is 13.2. The molecule has 4 nitrogen and oxygen atoms in total. The van der Waals surface area contributed by atoms with Crippen LogP contribution in [0.15, 0.2) is 61.2 Å². The number of hydrogen-bond donors (Lipinski definition) is 0. The molecule has 0 bridgehead atoms. The summed E-state index contributed by atoms with van der Waals surface area (Å²) in [5, 5.41) is -0.742. The van der Waals surface area contributed by atoms with Crippen LogP contribution in [0, 0.1) is 12.7 Å². The maximum Gasteiger partial charge on any atom is 0.224 e. The van der Waals surface area contributed by atoms with Crippen molar-refractivity contribution in [3.63, 3.8) is 0 Å². The molecule has 0 spiro atoms. The molecule has 0 amide bonds. The van der Waals surface area contributed by atoms with Gasteiger partial charge < -0.3 is 0 Å². The zero-order chi connectivity index (χ0) is 20.3. The molecule has 0 radical (unpaired) electrons. The Kier molecular flexibility index (Phi) is 6.33. The summed E-state index contributed by atoms with van der Waals surface area (Å²) < 4.78 is 41.1. The zero-order valence-electron chi connectivity index (χ0n) is 16.4. The fraction of sp³-hybridized carbons (Fsp3) is 0.364. The number of hydrogen-bond acceptors (Lipinski definition) is 3. The average molecular weight is 403 g/mol. The molecular weight excluding hydrogens is 375 g/mol. The first-order valence-electron chi connectivity index (χ1n) is 9.50. The maximum absolute atomic E-state index is 13.2. The van der Waals surface area contributed by atoms with Crippen molar-refractivity contribution in [2.24, 2.45) is 0 Å². The Morgan fingerprint density at radius 3 is 2.04 bits per heavy atom. The van der Waals surface area contributed by atoms with Crippen molar-refractivity contribution in [2.45, 2.75) is 25.1 Å².